The molecule has 100 valence electrons. The van der Waals surface area contributed by atoms with Gasteiger partial charge in [0.25, 0.3) is 0 Å². The average molecular weight is 260 g/mol. The molecule has 1 aromatic carbocycles. The van der Waals surface area contributed by atoms with Gasteiger partial charge in [-0.2, -0.15) is 4.98 Å². The van der Waals surface area contributed by atoms with Crippen molar-refractivity contribution in [2.45, 2.75) is 26.2 Å². The summed E-state index contributed by atoms with van der Waals surface area (Å²) in [4.78, 5) is 15.3. The van der Waals surface area contributed by atoms with Gasteiger partial charge in [-0.3, -0.25) is 4.79 Å². The highest BCUT2D eigenvalue weighted by molar-refractivity contribution is 5.71. The molecule has 0 radical (unpaired) electrons. The maximum atomic E-state index is 11.1. The zero-order valence-corrected chi connectivity index (χ0v) is 11.2. The molecule has 19 heavy (non-hydrogen) atoms. The van der Waals surface area contributed by atoms with E-state index in [1.807, 2.05) is 24.3 Å². The molecule has 5 heteroatoms. The lowest BCUT2D eigenvalue weighted by Gasteiger charge is -2.04. The van der Waals surface area contributed by atoms with Crippen LogP contribution in [0.25, 0.3) is 11.4 Å². The van der Waals surface area contributed by atoms with E-state index >= 15 is 0 Å². The second kappa shape index (κ2) is 5.65. The monoisotopic (exact) mass is 260 g/mol. The molecule has 0 spiro atoms. The fourth-order valence-electron chi connectivity index (χ4n) is 1.66. The first-order chi connectivity index (χ1) is 9.10. The van der Waals surface area contributed by atoms with Gasteiger partial charge in [0.1, 0.15) is 6.42 Å². The quantitative estimate of drug-likeness (QED) is 0.790. The van der Waals surface area contributed by atoms with Crippen molar-refractivity contribution in [2.24, 2.45) is 0 Å². The van der Waals surface area contributed by atoms with Crippen LogP contribution < -0.4 is 0 Å². The van der Waals surface area contributed by atoms with E-state index in [0.29, 0.717) is 11.7 Å². The molecule has 0 atom stereocenters. The Balaban J connectivity index is 2.16. The number of carbonyl (C=O) groups excluding carboxylic acids is 1. The van der Waals surface area contributed by atoms with E-state index in [1.165, 1.54) is 12.7 Å². The van der Waals surface area contributed by atoms with Gasteiger partial charge in [-0.1, -0.05) is 43.3 Å². The number of methoxy groups -OCH3 is 1. The summed E-state index contributed by atoms with van der Waals surface area (Å²) in [5.74, 6) is 0.823. The molecular formula is C14H16N2O3. The predicted molar refractivity (Wildman–Crippen MR) is 69.5 cm³/mol. The summed E-state index contributed by atoms with van der Waals surface area (Å²) >= 11 is 0. The minimum atomic E-state index is -0.398. The van der Waals surface area contributed by atoms with Gasteiger partial charge in [0.2, 0.25) is 11.7 Å². The fraction of sp³-hybridized carbons (Fsp3) is 0.357. The number of rotatable bonds is 4. The van der Waals surface area contributed by atoms with Crippen LogP contribution in [-0.4, -0.2) is 23.2 Å². The Morgan fingerprint density at radius 1 is 1.32 bits per heavy atom. The molecule has 1 heterocycles. The Kier molecular flexibility index (Phi) is 3.94. The van der Waals surface area contributed by atoms with Crippen LogP contribution in [0.5, 0.6) is 0 Å². The Morgan fingerprint density at radius 2 is 2.00 bits per heavy atom. The van der Waals surface area contributed by atoms with Gasteiger partial charge in [-0.05, 0) is 11.5 Å². The van der Waals surface area contributed by atoms with Gasteiger partial charge >= 0.3 is 5.97 Å². The molecule has 0 bridgehead atoms. The Bertz CT molecular complexity index is 558. The first-order valence-corrected chi connectivity index (χ1v) is 6.10. The Morgan fingerprint density at radius 3 is 2.58 bits per heavy atom. The minimum Gasteiger partial charge on any atom is -0.469 e. The largest absolute Gasteiger partial charge is 0.469 e. The Labute approximate surface area is 111 Å². The average Bonchev–Trinajstić information content (AvgIpc) is 2.87. The van der Waals surface area contributed by atoms with Gasteiger partial charge in [0.15, 0.2) is 0 Å². The lowest BCUT2D eigenvalue weighted by molar-refractivity contribution is -0.140. The molecule has 0 aliphatic carbocycles. The number of aromatic nitrogens is 2. The molecule has 0 unspecified atom stereocenters. The van der Waals surface area contributed by atoms with Crippen LogP contribution in [0.2, 0.25) is 0 Å². The molecule has 0 aliphatic rings. The summed E-state index contributed by atoms with van der Waals surface area (Å²) in [5, 5.41) is 3.85. The first kappa shape index (κ1) is 13.3. The standard InChI is InChI=1S/C14H16N2O3/c1-9(2)10-4-6-11(7-5-10)14-15-12(19-16-14)8-13(17)18-3/h4-7,9H,8H2,1-3H3. The maximum absolute atomic E-state index is 11.1. The number of carbonyl (C=O) groups is 1. The van der Waals surface area contributed by atoms with Crippen molar-refractivity contribution in [3.63, 3.8) is 0 Å². The molecule has 0 saturated carbocycles. The zero-order chi connectivity index (χ0) is 13.8. The topological polar surface area (TPSA) is 65.2 Å². The predicted octanol–water partition coefficient (Wildman–Crippen LogP) is 2.58. The summed E-state index contributed by atoms with van der Waals surface area (Å²) in [6.45, 7) is 4.27. The highest BCUT2D eigenvalue weighted by Crippen LogP contribution is 2.20. The van der Waals surface area contributed by atoms with Gasteiger partial charge in [-0.15, -0.1) is 0 Å². The van der Waals surface area contributed by atoms with Gasteiger partial charge in [0, 0.05) is 5.56 Å². The third kappa shape index (κ3) is 3.19. The second-order valence-corrected chi connectivity index (χ2v) is 4.54. The molecule has 2 aromatic rings. The maximum Gasteiger partial charge on any atom is 0.315 e. The number of ether oxygens (including phenoxy) is 1. The minimum absolute atomic E-state index is 0.00637. The van der Waals surface area contributed by atoms with Crippen LogP contribution in [0.3, 0.4) is 0 Å². The van der Waals surface area contributed by atoms with Crippen LogP contribution >= 0.6 is 0 Å². The van der Waals surface area contributed by atoms with Crippen molar-refractivity contribution in [3.8, 4) is 11.4 Å². The molecule has 1 aromatic heterocycles. The highest BCUT2D eigenvalue weighted by atomic mass is 16.5. The Hall–Kier alpha value is -2.17. The third-order valence-electron chi connectivity index (χ3n) is 2.83. The normalized spacial score (nSPS) is 10.7. The van der Waals surface area contributed by atoms with Crippen molar-refractivity contribution in [3.05, 3.63) is 35.7 Å². The number of esters is 1. The summed E-state index contributed by atoms with van der Waals surface area (Å²) in [6.07, 6.45) is -0.00637. The zero-order valence-electron chi connectivity index (χ0n) is 11.2. The van der Waals surface area contributed by atoms with Crippen molar-refractivity contribution >= 4 is 5.97 Å². The van der Waals surface area contributed by atoms with Crippen molar-refractivity contribution < 1.29 is 14.1 Å². The van der Waals surface area contributed by atoms with E-state index in [1.54, 1.807) is 0 Å². The van der Waals surface area contributed by atoms with E-state index in [-0.39, 0.29) is 12.3 Å². The number of hydrogen-bond acceptors (Lipinski definition) is 5. The number of benzene rings is 1. The molecule has 2 rings (SSSR count). The molecular weight excluding hydrogens is 244 g/mol. The van der Waals surface area contributed by atoms with E-state index < -0.39 is 5.97 Å². The van der Waals surface area contributed by atoms with Crippen LogP contribution in [0.4, 0.5) is 0 Å². The van der Waals surface area contributed by atoms with Crippen LogP contribution in [0.1, 0.15) is 31.2 Å². The van der Waals surface area contributed by atoms with E-state index in [9.17, 15) is 4.79 Å². The van der Waals surface area contributed by atoms with Crippen LogP contribution in [-0.2, 0) is 16.0 Å². The van der Waals surface area contributed by atoms with E-state index in [2.05, 4.69) is 28.7 Å². The van der Waals surface area contributed by atoms with Crippen molar-refractivity contribution in [1.82, 2.24) is 10.1 Å². The molecule has 5 nitrogen and oxygen atoms in total. The summed E-state index contributed by atoms with van der Waals surface area (Å²) in [7, 11) is 1.32. The molecule has 0 saturated heterocycles. The van der Waals surface area contributed by atoms with E-state index in [4.69, 9.17) is 4.52 Å². The molecule has 0 N–H and O–H groups in total. The van der Waals surface area contributed by atoms with Crippen LogP contribution in [0.15, 0.2) is 28.8 Å². The number of nitrogens with zero attached hydrogens (tertiary/aromatic N) is 2. The third-order valence-corrected chi connectivity index (χ3v) is 2.83. The first-order valence-electron chi connectivity index (χ1n) is 6.10. The van der Waals surface area contributed by atoms with Crippen LogP contribution in [0, 0.1) is 0 Å². The van der Waals surface area contributed by atoms with Gasteiger partial charge < -0.3 is 9.26 Å². The molecule has 0 aliphatic heterocycles. The van der Waals surface area contributed by atoms with Gasteiger partial charge in [-0.25, -0.2) is 0 Å². The second-order valence-electron chi connectivity index (χ2n) is 4.54. The molecule has 0 amide bonds. The smallest absolute Gasteiger partial charge is 0.315 e. The lowest BCUT2D eigenvalue weighted by atomic mass is 10.0. The van der Waals surface area contributed by atoms with Crippen molar-refractivity contribution in [1.29, 1.82) is 0 Å². The number of hydrogen-bond donors (Lipinski definition) is 0. The fourth-order valence-corrected chi connectivity index (χ4v) is 1.66. The SMILES string of the molecule is COC(=O)Cc1nc(-c2ccc(C(C)C)cc2)no1. The van der Waals surface area contributed by atoms with Gasteiger partial charge in [0.05, 0.1) is 7.11 Å². The highest BCUT2D eigenvalue weighted by Gasteiger charge is 2.12. The van der Waals surface area contributed by atoms with E-state index in [0.717, 1.165) is 5.56 Å². The molecule has 0 fully saturated rings. The van der Waals surface area contributed by atoms with Crippen molar-refractivity contribution in [2.75, 3.05) is 7.11 Å². The summed E-state index contributed by atoms with van der Waals surface area (Å²) in [6, 6.07) is 7.97. The summed E-state index contributed by atoms with van der Waals surface area (Å²) < 4.78 is 9.55. The lowest BCUT2D eigenvalue weighted by Crippen LogP contribution is -2.04. The summed E-state index contributed by atoms with van der Waals surface area (Å²) in [5.41, 5.74) is 2.12.